The van der Waals surface area contributed by atoms with Crippen molar-refractivity contribution in [3.63, 3.8) is 0 Å². The maximum absolute atomic E-state index is 11.3. The Hall–Kier alpha value is -1.95. The Morgan fingerprint density at radius 2 is 2.22 bits per heavy atom. The Bertz CT molecular complexity index is 500. The summed E-state index contributed by atoms with van der Waals surface area (Å²) in [7, 11) is 0. The first-order valence-electron chi connectivity index (χ1n) is 5.07. The van der Waals surface area contributed by atoms with Crippen LogP contribution in [-0.2, 0) is 16.0 Å². The molecule has 0 N–H and O–H groups in total. The molecule has 6 nitrogen and oxygen atoms in total. The summed E-state index contributed by atoms with van der Waals surface area (Å²) >= 11 is 5.76. The number of carbonyl (C=O) groups excluding carboxylic acids is 2. The molecular weight excluding hydrogens is 262 g/mol. The number of nitro groups is 1. The Morgan fingerprint density at radius 1 is 1.56 bits per heavy atom. The number of benzene rings is 1. The van der Waals surface area contributed by atoms with Gasteiger partial charge in [0, 0.05) is 17.2 Å². The lowest BCUT2D eigenvalue weighted by atomic mass is 10.1. The zero-order valence-corrected chi connectivity index (χ0v) is 10.3. The van der Waals surface area contributed by atoms with Crippen molar-refractivity contribution in [1.82, 2.24) is 0 Å². The Labute approximate surface area is 108 Å². The van der Waals surface area contributed by atoms with E-state index < -0.39 is 10.9 Å². The smallest absolute Gasteiger partial charge is 0.310 e. The van der Waals surface area contributed by atoms with E-state index in [1.54, 1.807) is 6.92 Å². The van der Waals surface area contributed by atoms with Crippen molar-refractivity contribution in [1.29, 1.82) is 0 Å². The van der Waals surface area contributed by atoms with E-state index in [0.29, 0.717) is 6.29 Å². The van der Waals surface area contributed by atoms with E-state index in [-0.39, 0.29) is 34.9 Å². The molecule has 0 aliphatic heterocycles. The minimum absolute atomic E-state index is 0.0102. The summed E-state index contributed by atoms with van der Waals surface area (Å²) in [5.41, 5.74) is -0.195. The first-order chi connectivity index (χ1) is 8.49. The van der Waals surface area contributed by atoms with Gasteiger partial charge >= 0.3 is 5.97 Å². The molecule has 0 fully saturated rings. The molecule has 0 amide bonds. The molecule has 1 aromatic rings. The summed E-state index contributed by atoms with van der Waals surface area (Å²) in [6, 6.07) is 2.28. The van der Waals surface area contributed by atoms with Crippen LogP contribution in [0.25, 0.3) is 0 Å². The molecule has 0 aliphatic rings. The summed E-state index contributed by atoms with van der Waals surface area (Å²) < 4.78 is 4.70. The van der Waals surface area contributed by atoms with Crippen LogP contribution < -0.4 is 0 Å². The van der Waals surface area contributed by atoms with Crippen LogP contribution in [0.4, 0.5) is 5.69 Å². The molecule has 0 radical (unpaired) electrons. The van der Waals surface area contributed by atoms with E-state index in [2.05, 4.69) is 0 Å². The summed E-state index contributed by atoms with van der Waals surface area (Å²) in [6.07, 6.45) is 0.159. The van der Waals surface area contributed by atoms with Crippen LogP contribution in [-0.4, -0.2) is 23.8 Å². The number of aldehydes is 1. The highest BCUT2D eigenvalue weighted by molar-refractivity contribution is 6.33. The highest BCUT2D eigenvalue weighted by atomic mass is 35.5. The van der Waals surface area contributed by atoms with Crippen molar-refractivity contribution in [2.24, 2.45) is 0 Å². The van der Waals surface area contributed by atoms with Gasteiger partial charge in [0.15, 0.2) is 6.29 Å². The predicted molar refractivity (Wildman–Crippen MR) is 63.8 cm³/mol. The average Bonchev–Trinajstić information content (AvgIpc) is 2.29. The molecule has 96 valence electrons. The quantitative estimate of drug-likeness (QED) is 0.354. The predicted octanol–water partition coefficient (Wildman–Crippen LogP) is 2.17. The Morgan fingerprint density at radius 3 is 2.72 bits per heavy atom. The van der Waals surface area contributed by atoms with Crippen LogP contribution in [0.5, 0.6) is 0 Å². The van der Waals surface area contributed by atoms with Crippen molar-refractivity contribution in [2.45, 2.75) is 13.3 Å². The Balaban J connectivity index is 3.17. The third kappa shape index (κ3) is 3.27. The fraction of sp³-hybridized carbons (Fsp3) is 0.273. The van der Waals surface area contributed by atoms with Gasteiger partial charge in [-0.25, -0.2) is 0 Å². The van der Waals surface area contributed by atoms with E-state index in [1.807, 2.05) is 0 Å². The summed E-state index contributed by atoms with van der Waals surface area (Å²) in [5.74, 6) is -0.587. The number of nitrogens with zero attached hydrogens (tertiary/aromatic N) is 1. The number of halogens is 1. The largest absolute Gasteiger partial charge is 0.466 e. The number of hydrogen-bond acceptors (Lipinski definition) is 5. The van der Waals surface area contributed by atoms with Crippen molar-refractivity contribution >= 4 is 29.5 Å². The molecule has 1 aromatic carbocycles. The van der Waals surface area contributed by atoms with Crippen LogP contribution in [0, 0.1) is 10.1 Å². The van der Waals surface area contributed by atoms with Gasteiger partial charge in [-0.1, -0.05) is 11.6 Å². The van der Waals surface area contributed by atoms with Gasteiger partial charge in [-0.3, -0.25) is 19.7 Å². The first-order valence-corrected chi connectivity index (χ1v) is 5.45. The minimum Gasteiger partial charge on any atom is -0.466 e. The molecule has 0 bridgehead atoms. The number of hydrogen-bond donors (Lipinski definition) is 0. The van der Waals surface area contributed by atoms with Gasteiger partial charge < -0.3 is 4.74 Å². The molecule has 7 heteroatoms. The van der Waals surface area contributed by atoms with Crippen LogP contribution in [0.15, 0.2) is 12.1 Å². The fourth-order valence-corrected chi connectivity index (χ4v) is 1.62. The normalized spacial score (nSPS) is 9.89. The average molecular weight is 272 g/mol. The third-order valence-corrected chi connectivity index (χ3v) is 2.49. The second kappa shape index (κ2) is 6.11. The second-order valence-corrected chi connectivity index (χ2v) is 3.77. The van der Waals surface area contributed by atoms with Crippen molar-refractivity contribution in [3.8, 4) is 0 Å². The van der Waals surface area contributed by atoms with Crippen LogP contribution in [0.2, 0.25) is 5.02 Å². The maximum Gasteiger partial charge on any atom is 0.310 e. The fourth-order valence-electron chi connectivity index (χ4n) is 1.39. The molecule has 0 atom stereocenters. The number of rotatable bonds is 5. The lowest BCUT2D eigenvalue weighted by molar-refractivity contribution is -0.385. The van der Waals surface area contributed by atoms with Gasteiger partial charge in [-0.05, 0) is 13.0 Å². The molecule has 0 aliphatic carbocycles. The molecular formula is C11H10ClNO5. The molecule has 18 heavy (non-hydrogen) atoms. The van der Waals surface area contributed by atoms with Gasteiger partial charge in [0.1, 0.15) is 0 Å². The molecule has 0 unspecified atom stereocenters. The zero-order chi connectivity index (χ0) is 13.7. The highest BCUT2D eigenvalue weighted by Crippen LogP contribution is 2.26. The molecule has 1 rings (SSSR count). The molecule has 0 aromatic heterocycles. The van der Waals surface area contributed by atoms with Gasteiger partial charge in [0.2, 0.25) is 0 Å². The molecule has 0 heterocycles. The second-order valence-electron chi connectivity index (χ2n) is 3.36. The number of ether oxygens (including phenoxy) is 1. The number of carbonyl (C=O) groups is 2. The van der Waals surface area contributed by atoms with E-state index in [0.717, 1.165) is 6.07 Å². The summed E-state index contributed by atoms with van der Waals surface area (Å²) in [6.45, 7) is 1.82. The van der Waals surface area contributed by atoms with Gasteiger partial charge in [-0.15, -0.1) is 0 Å². The number of esters is 1. The van der Waals surface area contributed by atoms with E-state index >= 15 is 0 Å². The van der Waals surface area contributed by atoms with Crippen molar-refractivity contribution < 1.29 is 19.2 Å². The van der Waals surface area contributed by atoms with Crippen molar-refractivity contribution in [3.05, 3.63) is 38.4 Å². The van der Waals surface area contributed by atoms with Gasteiger partial charge in [0.25, 0.3) is 5.69 Å². The zero-order valence-electron chi connectivity index (χ0n) is 9.51. The van der Waals surface area contributed by atoms with Crippen molar-refractivity contribution in [2.75, 3.05) is 6.61 Å². The van der Waals surface area contributed by atoms with Crippen LogP contribution in [0.3, 0.4) is 0 Å². The standard InChI is InChI=1S/C11H10ClNO5/c1-2-18-11(15)5-7-3-9(12)8(6-14)4-10(7)13(16)17/h3-4,6H,2,5H2,1H3. The van der Waals surface area contributed by atoms with Crippen LogP contribution in [0.1, 0.15) is 22.8 Å². The van der Waals surface area contributed by atoms with E-state index in [9.17, 15) is 19.7 Å². The monoisotopic (exact) mass is 271 g/mol. The lowest BCUT2D eigenvalue weighted by Crippen LogP contribution is -2.09. The lowest BCUT2D eigenvalue weighted by Gasteiger charge is -2.05. The summed E-state index contributed by atoms with van der Waals surface area (Å²) in [5, 5.41) is 10.9. The van der Waals surface area contributed by atoms with Gasteiger partial charge in [0.05, 0.1) is 23.0 Å². The summed E-state index contributed by atoms with van der Waals surface area (Å²) in [4.78, 5) is 32.1. The maximum atomic E-state index is 11.3. The van der Waals surface area contributed by atoms with E-state index in [1.165, 1.54) is 6.07 Å². The molecule has 0 spiro atoms. The number of nitro benzene ring substituents is 1. The van der Waals surface area contributed by atoms with Crippen LogP contribution >= 0.6 is 11.6 Å². The topological polar surface area (TPSA) is 86.5 Å². The third-order valence-electron chi connectivity index (χ3n) is 2.16. The minimum atomic E-state index is -0.669. The SMILES string of the molecule is CCOC(=O)Cc1cc(Cl)c(C=O)cc1[N+](=O)[O-]. The Kier molecular flexibility index (Phi) is 4.79. The first kappa shape index (κ1) is 14.1. The van der Waals surface area contributed by atoms with E-state index in [4.69, 9.17) is 16.3 Å². The molecule has 0 saturated heterocycles. The highest BCUT2D eigenvalue weighted by Gasteiger charge is 2.20. The van der Waals surface area contributed by atoms with Gasteiger partial charge in [-0.2, -0.15) is 0 Å². The molecule has 0 saturated carbocycles.